The second-order valence-electron chi connectivity index (χ2n) is 14.2. The molecule has 0 saturated heterocycles. The van der Waals surface area contributed by atoms with Gasteiger partial charge in [-0.2, -0.15) is 26.3 Å². The van der Waals surface area contributed by atoms with E-state index in [4.69, 9.17) is 0 Å². The van der Waals surface area contributed by atoms with Crippen LogP contribution in [0.3, 0.4) is 0 Å². The summed E-state index contributed by atoms with van der Waals surface area (Å²) in [4.78, 5) is 0. The van der Waals surface area contributed by atoms with Crippen molar-refractivity contribution in [2.75, 3.05) is 17.3 Å². The topological polar surface area (TPSA) is 82.4 Å². The van der Waals surface area contributed by atoms with Gasteiger partial charge in [-0.1, -0.05) is 175 Å². The summed E-state index contributed by atoms with van der Waals surface area (Å²) < 4.78 is 109. The van der Waals surface area contributed by atoms with Crippen molar-refractivity contribution in [3.05, 3.63) is 4.13 Å². The second-order valence-corrected chi connectivity index (χ2v) is 20.1. The van der Waals surface area contributed by atoms with E-state index < -0.39 is 31.1 Å². The molecule has 0 aromatic carbocycles. The zero-order valence-corrected chi connectivity index (χ0v) is 35.4. The molecule has 0 aromatic heterocycles. The van der Waals surface area contributed by atoms with Crippen LogP contribution in [-0.4, -0.2) is 45.1 Å². The monoisotopic (exact) mass is 819 g/mol. The third kappa shape index (κ3) is 33.2. The highest BCUT2D eigenvalue weighted by Gasteiger charge is 2.47. The summed E-state index contributed by atoms with van der Waals surface area (Å²) in [6.45, 7) is 6.96. The fraction of sp³-hybridized carbons (Fsp3) is 1.00. The third-order valence-corrected chi connectivity index (χ3v) is 14.5. The van der Waals surface area contributed by atoms with Gasteiger partial charge >= 0.3 is 11.0 Å². The lowest BCUT2D eigenvalue weighted by atomic mass is 10.1. The molecule has 0 amide bonds. The number of nitrogens with zero attached hydrogens (tertiary/aromatic N) is 1. The van der Waals surface area contributed by atoms with E-state index in [1.54, 1.807) is 17.3 Å². The van der Waals surface area contributed by atoms with Crippen LogP contribution in [0.5, 0.6) is 0 Å². The number of halogens is 6. The van der Waals surface area contributed by atoms with E-state index in [0.717, 1.165) is 15.0 Å². The summed E-state index contributed by atoms with van der Waals surface area (Å²) in [7, 11) is -12.7. The molecular formula is C38H75F6NO4S3. The maximum absolute atomic E-state index is 11.4. The average molecular weight is 820 g/mol. The second kappa shape index (κ2) is 34.1. The fourth-order valence-electron chi connectivity index (χ4n) is 5.90. The molecule has 0 N–H and O–H groups in total. The zero-order chi connectivity index (χ0) is 39.6. The predicted octanol–water partition coefficient (Wildman–Crippen LogP) is 14.4. The van der Waals surface area contributed by atoms with E-state index >= 15 is 0 Å². The van der Waals surface area contributed by atoms with Crippen LogP contribution in [0.25, 0.3) is 4.13 Å². The standard InChI is InChI=1S/C36H75S.C2F6NO4S2/c1-4-7-10-13-16-19-22-25-28-31-34-37(35-32-29-26-23-20-17-14-11-8-5-2)36-33-30-27-24-21-18-15-12-9-6-3;3-1(4,5)14(10,11)9-15(12,13)2(6,7)8/h4-36H2,1-3H3;/q+1;-1. The minimum Gasteiger partial charge on any atom is -0.421 e. The van der Waals surface area contributed by atoms with Gasteiger partial charge in [0.1, 0.15) is 17.3 Å². The third-order valence-electron chi connectivity index (χ3n) is 9.14. The first-order valence-electron chi connectivity index (χ1n) is 20.6. The summed E-state index contributed by atoms with van der Waals surface area (Å²) in [5, 5.41) is 0. The zero-order valence-electron chi connectivity index (χ0n) is 32.9. The Morgan fingerprint density at radius 1 is 0.346 bits per heavy atom. The molecule has 0 spiro atoms. The minimum atomic E-state index is -6.72. The van der Waals surface area contributed by atoms with Crippen LogP contribution >= 0.6 is 0 Å². The predicted molar refractivity (Wildman–Crippen MR) is 211 cm³/mol. The van der Waals surface area contributed by atoms with Gasteiger partial charge in [0.05, 0.1) is 0 Å². The van der Waals surface area contributed by atoms with Crippen molar-refractivity contribution in [1.82, 2.24) is 0 Å². The van der Waals surface area contributed by atoms with Gasteiger partial charge in [-0.05, 0) is 49.4 Å². The molecule has 5 nitrogen and oxygen atoms in total. The van der Waals surface area contributed by atoms with Crippen LogP contribution in [0.15, 0.2) is 0 Å². The highest BCUT2D eigenvalue weighted by atomic mass is 32.3. The van der Waals surface area contributed by atoms with Gasteiger partial charge < -0.3 is 4.13 Å². The molecule has 0 aliphatic rings. The van der Waals surface area contributed by atoms with Crippen molar-refractivity contribution in [2.24, 2.45) is 0 Å². The molecule has 0 radical (unpaired) electrons. The number of alkyl halides is 6. The Hall–Kier alpha value is -0.210. The molecule has 0 saturated carbocycles. The Bertz CT molecular complexity index is 895. The number of hydrogen-bond acceptors (Lipinski definition) is 4. The van der Waals surface area contributed by atoms with Crippen LogP contribution in [0.2, 0.25) is 0 Å². The van der Waals surface area contributed by atoms with E-state index in [2.05, 4.69) is 20.8 Å². The van der Waals surface area contributed by atoms with Crippen molar-refractivity contribution in [3.8, 4) is 0 Å². The van der Waals surface area contributed by atoms with Gasteiger partial charge in [0, 0.05) is 0 Å². The Labute approximate surface area is 318 Å². The minimum absolute atomic E-state index is 0.738. The first-order chi connectivity index (χ1) is 24.6. The molecule has 52 heavy (non-hydrogen) atoms. The van der Waals surface area contributed by atoms with Gasteiger partial charge in [0.15, 0.2) is 20.0 Å². The van der Waals surface area contributed by atoms with Crippen LogP contribution in [-0.2, 0) is 30.9 Å². The van der Waals surface area contributed by atoms with E-state index in [1.807, 2.05) is 0 Å². The van der Waals surface area contributed by atoms with Gasteiger partial charge in [0.2, 0.25) is 0 Å². The molecule has 0 aliphatic heterocycles. The number of hydrogen-bond donors (Lipinski definition) is 0. The first kappa shape index (κ1) is 53.9. The summed E-state index contributed by atoms with van der Waals surface area (Å²) in [6.07, 6.45) is 44.3. The summed E-state index contributed by atoms with van der Waals surface area (Å²) in [5.74, 6) is 4.68. The van der Waals surface area contributed by atoms with E-state index in [1.165, 1.54) is 193 Å². The van der Waals surface area contributed by atoms with Gasteiger partial charge in [-0.25, -0.2) is 16.8 Å². The maximum Gasteiger partial charge on any atom is 0.480 e. The molecule has 316 valence electrons. The first-order valence-corrected chi connectivity index (χ1v) is 25.2. The number of unbranched alkanes of at least 4 members (excludes halogenated alkanes) is 27. The molecular weight excluding hydrogens is 745 g/mol. The average Bonchev–Trinajstić information content (AvgIpc) is 3.05. The summed E-state index contributed by atoms with van der Waals surface area (Å²) in [6, 6.07) is 0. The quantitative estimate of drug-likeness (QED) is 0.0362. The van der Waals surface area contributed by atoms with E-state index in [9.17, 15) is 43.2 Å². The largest absolute Gasteiger partial charge is 0.480 e. The molecule has 0 aliphatic carbocycles. The normalized spacial score (nSPS) is 12.7. The lowest BCUT2D eigenvalue weighted by molar-refractivity contribution is -0.0444. The smallest absolute Gasteiger partial charge is 0.421 e. The van der Waals surface area contributed by atoms with E-state index in [-0.39, 0.29) is 0 Å². The summed E-state index contributed by atoms with van der Waals surface area (Å²) >= 11 is 0. The molecule has 0 bridgehead atoms. The molecule has 0 atom stereocenters. The summed E-state index contributed by atoms with van der Waals surface area (Å²) in [5.41, 5.74) is -12.4. The van der Waals surface area contributed by atoms with Crippen molar-refractivity contribution < 1.29 is 43.2 Å². The Balaban J connectivity index is 0. The SMILES string of the molecule is CCCCCCCCCCCC[S+](CCCCCCCCCCCC)CCCCCCCCCCCC.O=S(=O)([N-]S(=O)(=O)C(F)(F)F)C(F)(F)F. The van der Waals surface area contributed by atoms with Crippen LogP contribution in [0.1, 0.15) is 213 Å². The van der Waals surface area contributed by atoms with Crippen molar-refractivity contribution in [1.29, 1.82) is 0 Å². The molecule has 0 unspecified atom stereocenters. The lowest BCUT2D eigenvalue weighted by Crippen LogP contribution is -2.30. The number of rotatable bonds is 35. The van der Waals surface area contributed by atoms with Crippen molar-refractivity contribution in [2.45, 2.75) is 224 Å². The lowest BCUT2D eigenvalue weighted by Gasteiger charge is -2.22. The van der Waals surface area contributed by atoms with Crippen molar-refractivity contribution >= 4 is 30.9 Å². The molecule has 0 rings (SSSR count). The van der Waals surface area contributed by atoms with Crippen LogP contribution in [0.4, 0.5) is 26.3 Å². The highest BCUT2D eigenvalue weighted by molar-refractivity contribution is 8.13. The molecule has 0 heterocycles. The van der Waals surface area contributed by atoms with Gasteiger partial charge in [-0.3, -0.25) is 0 Å². The Kier molecular flexibility index (Phi) is 35.3. The highest BCUT2D eigenvalue weighted by Crippen LogP contribution is 2.36. The van der Waals surface area contributed by atoms with Crippen LogP contribution < -0.4 is 0 Å². The molecule has 14 heteroatoms. The fourth-order valence-corrected chi connectivity index (χ4v) is 10.1. The van der Waals surface area contributed by atoms with Gasteiger partial charge in [-0.15, -0.1) is 0 Å². The van der Waals surface area contributed by atoms with E-state index in [0.29, 0.717) is 0 Å². The Morgan fingerprint density at radius 2 is 0.519 bits per heavy atom. The molecule has 0 fully saturated rings. The van der Waals surface area contributed by atoms with Crippen molar-refractivity contribution in [3.63, 3.8) is 0 Å². The van der Waals surface area contributed by atoms with Crippen LogP contribution in [0, 0.1) is 0 Å². The number of sulfonamides is 2. The van der Waals surface area contributed by atoms with Gasteiger partial charge in [0.25, 0.3) is 0 Å². The Morgan fingerprint density at radius 3 is 0.692 bits per heavy atom. The molecule has 0 aromatic rings. The maximum atomic E-state index is 11.4.